The summed E-state index contributed by atoms with van der Waals surface area (Å²) in [6, 6.07) is 85.3. The number of aromatic nitrogens is 8. The Bertz CT molecular complexity index is 6600. The van der Waals surface area contributed by atoms with Crippen molar-refractivity contribution in [3.63, 3.8) is 0 Å². The molecule has 14 aromatic rings. The van der Waals surface area contributed by atoms with Gasteiger partial charge in [0.25, 0.3) is 0 Å². The van der Waals surface area contributed by atoms with Gasteiger partial charge in [-0.25, -0.2) is 19.9 Å². The Morgan fingerprint density at radius 1 is 0.281 bits per heavy atom. The number of aliphatic hydroxyl groups excluding tert-OH is 1. The number of fused-ring (bicyclic) bond motifs is 17. The van der Waals surface area contributed by atoms with E-state index in [9.17, 15) is 5.11 Å². The number of nitrogens with one attached hydrogen (secondary N) is 4. The number of nitrogens with zero attached hydrogens (tertiary/aromatic N) is 4. The molecule has 0 unspecified atom stereocenters. The van der Waals surface area contributed by atoms with E-state index >= 15 is 0 Å². The topological polar surface area (TPSA) is 172 Å². The van der Waals surface area contributed by atoms with Gasteiger partial charge in [-0.2, -0.15) is 0 Å². The summed E-state index contributed by atoms with van der Waals surface area (Å²) in [6.45, 7) is 14.6. The van der Waals surface area contributed by atoms with E-state index in [-0.39, 0.29) is 0 Å². The van der Waals surface area contributed by atoms with Gasteiger partial charge in [0.2, 0.25) is 6.29 Å². The van der Waals surface area contributed by atoms with Crippen molar-refractivity contribution in [1.82, 2.24) is 39.9 Å². The number of rotatable bonds is 11. The van der Waals surface area contributed by atoms with E-state index in [0.29, 0.717) is 5.75 Å². The van der Waals surface area contributed by atoms with Crippen LogP contribution in [0.4, 0.5) is 0 Å². The number of aromatic amines is 4. The molecule has 6 aliphatic rings. The average molecular weight is 1480 g/mol. The Balaban J connectivity index is 0.640. The van der Waals surface area contributed by atoms with Crippen molar-refractivity contribution in [1.29, 1.82) is 0 Å². The third-order valence-electron chi connectivity index (χ3n) is 22.7. The van der Waals surface area contributed by atoms with E-state index in [1.54, 1.807) is 0 Å². The maximum Gasteiger partial charge on any atom is 0.494 e. The van der Waals surface area contributed by atoms with E-state index in [2.05, 4.69) is 316 Å². The number of aryl methyl sites for hydroxylation is 6. The van der Waals surface area contributed by atoms with Crippen molar-refractivity contribution >= 4 is 105 Å². The highest BCUT2D eigenvalue weighted by Crippen LogP contribution is 2.44. The summed E-state index contributed by atoms with van der Waals surface area (Å²) in [4.78, 5) is 37.7. The predicted molar refractivity (Wildman–Crippen MR) is 466 cm³/mol. The Hall–Kier alpha value is -13.3. The van der Waals surface area contributed by atoms with Gasteiger partial charge >= 0.3 is 7.12 Å². The molecule has 20 rings (SSSR count). The fraction of sp³-hybridized carbons (Fsp3) is 0.120. The van der Waals surface area contributed by atoms with E-state index in [4.69, 9.17) is 38.7 Å². The van der Waals surface area contributed by atoms with Gasteiger partial charge in [0.1, 0.15) is 18.0 Å². The van der Waals surface area contributed by atoms with Crippen LogP contribution < -0.4 is 10.2 Å². The lowest BCUT2D eigenvalue weighted by molar-refractivity contribution is -0.244. The molecule has 12 heterocycles. The minimum absolute atomic E-state index is 0.501. The summed E-state index contributed by atoms with van der Waals surface area (Å²) in [5, 5.41) is 12.4. The minimum atomic E-state index is -1.21. The lowest BCUT2D eigenvalue weighted by Crippen LogP contribution is -2.57. The molecule has 0 amide bonds. The summed E-state index contributed by atoms with van der Waals surface area (Å²) in [6.07, 6.45) is 12.8. The molecule has 6 aliphatic heterocycles. The zero-order valence-corrected chi connectivity index (χ0v) is 64.0. The molecule has 6 aromatic heterocycles. The Morgan fingerprint density at radius 3 is 0.728 bits per heavy atom. The van der Waals surface area contributed by atoms with Crippen molar-refractivity contribution in [2.24, 2.45) is 0 Å². The van der Waals surface area contributed by atoms with Crippen LogP contribution in [0, 0.1) is 41.5 Å². The molecule has 2 saturated heterocycles. The molecule has 13 nitrogen and oxygen atoms in total. The molecule has 2 fully saturated rings. The molecular formula is C100H79BN8O5. The number of ether oxygens (including phenoxy) is 2. The fourth-order valence-corrected chi connectivity index (χ4v) is 16.7. The quantitative estimate of drug-likeness (QED) is 0.0791. The third kappa shape index (κ3) is 12.8. The van der Waals surface area contributed by atoms with Gasteiger partial charge in [0.05, 0.1) is 57.8 Å². The predicted octanol–water partition coefficient (Wildman–Crippen LogP) is 22.5. The molecule has 114 heavy (non-hydrogen) atoms. The summed E-state index contributed by atoms with van der Waals surface area (Å²) in [5.74, 6) is 0.501. The molecule has 552 valence electrons. The lowest BCUT2D eigenvalue weighted by atomic mass is 9.78. The SMILES string of the molecule is Cc1ccc(-c2c3nc(c(-c4ccc(C)cc4)c4ccc([nH]4)c(-c4ccc(O[C@H]5O[C@@H](C)[C@H]6OB(c7ccc(-c8c9nc(c(-c%10ccc(C)cc%10)c%10ccc([nH]%10)c(-c%10ccc(C)cc%10)c%10nc(c(-c%11ccc(C)cc%11)c%11ccc8[nH]%11)C=C%10)C=C9)cc7)O[C@H]6[C@@H]5O)cc4)c4nc(c(-c5ccc(C)cc5)c5ccc2[nH]5)C=C4)C=C3)cc1. The van der Waals surface area contributed by atoms with E-state index < -0.39 is 37.8 Å². The van der Waals surface area contributed by atoms with Gasteiger partial charge in [-0.3, -0.25) is 0 Å². The number of benzene rings is 8. The third-order valence-corrected chi connectivity index (χ3v) is 22.7. The molecule has 0 saturated carbocycles. The first-order valence-corrected chi connectivity index (χ1v) is 39.0. The Labute approximate surface area is 660 Å². The van der Waals surface area contributed by atoms with Gasteiger partial charge in [0, 0.05) is 88.6 Å². The summed E-state index contributed by atoms with van der Waals surface area (Å²) in [7, 11) is -0.819. The van der Waals surface area contributed by atoms with Crippen LogP contribution in [-0.2, 0) is 14.0 Å². The van der Waals surface area contributed by atoms with Crippen LogP contribution in [0.5, 0.6) is 5.75 Å². The molecule has 5 atom stereocenters. The smallest absolute Gasteiger partial charge is 0.462 e. The van der Waals surface area contributed by atoms with E-state index in [1.165, 1.54) is 22.3 Å². The highest BCUT2D eigenvalue weighted by atomic mass is 16.7. The standard InChI is InChI=1S/C100H79BN8O5/c1-56-8-20-63(21-9-56)89-73-40-44-77(102-73)91(65-24-12-58(3)13-25-65)81-48-52-85(106-81)95(86-53-49-82(107-86)92(78-45-41-74(89)103-78)66-26-14-59(4)15-27-66)69-32-36-71(37-33-69)101-113-98-62(7)111-100(97(110)99(98)114-101)112-72-38-34-70(35-39-72)96-87-54-50-83(108-87)93(67-28-16-60(5)17-29-67)79-46-42-75(104-79)90(64-22-10-57(2)11-23-64)76-43-47-80(105-76)94(84-51-55-88(96)109-84)68-30-18-61(6)19-31-68/h8-55,62,97-100,102,104,107,109-110H,1-7H3/t62-,97-,98+,99-,100+/m0/s1. The largest absolute Gasteiger partial charge is 0.494 e. The molecular weight excluding hydrogens is 1400 g/mol. The molecule has 16 bridgehead atoms. The van der Waals surface area contributed by atoms with Crippen LogP contribution in [0.15, 0.2) is 243 Å². The zero-order valence-electron chi connectivity index (χ0n) is 64.0. The summed E-state index contributed by atoms with van der Waals surface area (Å²) < 4.78 is 26.8. The van der Waals surface area contributed by atoms with Crippen LogP contribution in [-0.4, -0.2) is 82.8 Å². The van der Waals surface area contributed by atoms with Crippen molar-refractivity contribution in [2.45, 2.75) is 79.2 Å². The first kappa shape index (κ1) is 69.8. The summed E-state index contributed by atoms with van der Waals surface area (Å²) >= 11 is 0. The second-order valence-corrected chi connectivity index (χ2v) is 30.7. The van der Waals surface area contributed by atoms with Crippen molar-refractivity contribution in [3.05, 3.63) is 322 Å². The zero-order chi connectivity index (χ0) is 77.0. The van der Waals surface area contributed by atoms with Crippen LogP contribution >= 0.6 is 0 Å². The second kappa shape index (κ2) is 28.5. The van der Waals surface area contributed by atoms with Gasteiger partial charge < -0.3 is 43.8 Å². The van der Waals surface area contributed by atoms with Crippen LogP contribution in [0.1, 0.15) is 85.9 Å². The van der Waals surface area contributed by atoms with E-state index in [0.717, 1.165) is 195 Å². The minimum Gasteiger partial charge on any atom is -0.462 e. The van der Waals surface area contributed by atoms with Crippen molar-refractivity contribution in [3.8, 4) is 94.8 Å². The Morgan fingerprint density at radius 2 is 0.491 bits per heavy atom. The molecule has 0 aliphatic carbocycles. The molecule has 0 radical (unpaired) electrons. The second-order valence-electron chi connectivity index (χ2n) is 30.7. The van der Waals surface area contributed by atoms with Gasteiger partial charge in [-0.15, -0.1) is 0 Å². The van der Waals surface area contributed by atoms with Crippen molar-refractivity contribution in [2.75, 3.05) is 0 Å². The summed E-state index contributed by atoms with van der Waals surface area (Å²) in [5.41, 5.74) is 37.4. The first-order valence-electron chi connectivity index (χ1n) is 39.0. The molecule has 8 aromatic carbocycles. The molecule has 5 N–H and O–H groups in total. The lowest BCUT2D eigenvalue weighted by Gasteiger charge is -2.39. The molecule has 14 heteroatoms. The highest BCUT2D eigenvalue weighted by molar-refractivity contribution is 6.62. The van der Waals surface area contributed by atoms with Crippen LogP contribution in [0.3, 0.4) is 0 Å². The fourth-order valence-electron chi connectivity index (χ4n) is 16.7. The maximum absolute atomic E-state index is 12.4. The number of hydrogen-bond donors (Lipinski definition) is 5. The van der Waals surface area contributed by atoms with Gasteiger partial charge in [-0.1, -0.05) is 215 Å². The maximum atomic E-state index is 12.4. The van der Waals surface area contributed by atoms with E-state index in [1.807, 2.05) is 43.3 Å². The molecule has 0 spiro atoms. The van der Waals surface area contributed by atoms with Crippen LogP contribution in [0.2, 0.25) is 0 Å². The highest BCUT2D eigenvalue weighted by Gasteiger charge is 2.54. The average Bonchev–Trinajstić information content (AvgIpc) is 1.61. The van der Waals surface area contributed by atoms with Gasteiger partial charge in [-0.05, 0) is 208 Å². The number of H-pyrrole nitrogens is 4. The monoisotopic (exact) mass is 1480 g/mol. The number of hydrogen-bond acceptors (Lipinski definition) is 9. The number of aliphatic hydroxyl groups is 1. The van der Waals surface area contributed by atoms with Crippen LogP contribution in [0.25, 0.3) is 182 Å². The first-order chi connectivity index (χ1) is 55.7. The Kier molecular flexibility index (Phi) is 17.4. The normalized spacial score (nSPS) is 16.8. The van der Waals surface area contributed by atoms with Gasteiger partial charge in [0.15, 0.2) is 0 Å². The van der Waals surface area contributed by atoms with Crippen molar-refractivity contribution < 1.29 is 23.9 Å².